The fourth-order valence-electron chi connectivity index (χ4n) is 3.24. The summed E-state index contributed by atoms with van der Waals surface area (Å²) in [6, 6.07) is 10.6. The van der Waals surface area contributed by atoms with Gasteiger partial charge in [-0.05, 0) is 35.2 Å². The van der Waals surface area contributed by atoms with Crippen molar-refractivity contribution in [2.75, 3.05) is 0 Å². The van der Waals surface area contributed by atoms with Crippen LogP contribution < -0.4 is 14.8 Å². The number of nitrogens with zero attached hydrogens (tertiary/aromatic N) is 1. The summed E-state index contributed by atoms with van der Waals surface area (Å²) in [6.45, 7) is 5.00. The Bertz CT molecular complexity index is 1190. The van der Waals surface area contributed by atoms with Gasteiger partial charge in [0.15, 0.2) is 5.75 Å². The Hall–Kier alpha value is -3.82. The molecule has 34 heavy (non-hydrogen) atoms. The van der Waals surface area contributed by atoms with E-state index in [9.17, 15) is 27.9 Å². The SMILES string of the molecule is CC(C)(C)[C@H](NC(=O)c1ccc2cccnc2c1OCc1ccc(OC(F)(F)F)cc1)C(=O)O. The topological polar surface area (TPSA) is 97.8 Å². The summed E-state index contributed by atoms with van der Waals surface area (Å²) in [4.78, 5) is 29.0. The van der Waals surface area contributed by atoms with Crippen molar-refractivity contribution in [3.05, 3.63) is 65.9 Å². The molecule has 2 N–H and O–H groups in total. The Labute approximate surface area is 193 Å². The third-order valence-corrected chi connectivity index (χ3v) is 4.90. The second-order valence-electron chi connectivity index (χ2n) is 8.61. The molecule has 1 amide bonds. The number of benzene rings is 2. The molecule has 1 atom stereocenters. The number of aromatic nitrogens is 1. The highest BCUT2D eigenvalue weighted by Gasteiger charge is 2.34. The lowest BCUT2D eigenvalue weighted by atomic mass is 9.86. The maximum atomic E-state index is 13.1. The van der Waals surface area contributed by atoms with Gasteiger partial charge in [-0.1, -0.05) is 45.0 Å². The third kappa shape index (κ3) is 6.15. The molecule has 0 aliphatic rings. The molecule has 7 nitrogen and oxygen atoms in total. The van der Waals surface area contributed by atoms with Crippen LogP contribution in [0, 0.1) is 5.41 Å². The van der Waals surface area contributed by atoms with Crippen molar-refractivity contribution in [3.63, 3.8) is 0 Å². The van der Waals surface area contributed by atoms with Crippen LogP contribution in [0.4, 0.5) is 13.2 Å². The minimum atomic E-state index is -4.80. The zero-order valence-electron chi connectivity index (χ0n) is 18.6. The molecule has 0 spiro atoms. The normalized spacial score (nSPS) is 12.8. The van der Waals surface area contributed by atoms with Gasteiger partial charge in [-0.3, -0.25) is 9.78 Å². The van der Waals surface area contributed by atoms with Crippen LogP contribution in [0.1, 0.15) is 36.7 Å². The predicted molar refractivity (Wildman–Crippen MR) is 118 cm³/mol. The first-order valence-electron chi connectivity index (χ1n) is 10.2. The van der Waals surface area contributed by atoms with Crippen LogP contribution in [0.3, 0.4) is 0 Å². The number of carboxylic acid groups (broad SMARTS) is 1. The van der Waals surface area contributed by atoms with Gasteiger partial charge in [-0.2, -0.15) is 0 Å². The number of fused-ring (bicyclic) bond motifs is 1. The van der Waals surface area contributed by atoms with Crippen LogP contribution in [0.2, 0.25) is 0 Å². The summed E-state index contributed by atoms with van der Waals surface area (Å²) >= 11 is 0. The van der Waals surface area contributed by atoms with E-state index in [0.717, 1.165) is 12.1 Å². The molecule has 0 fully saturated rings. The smallest absolute Gasteiger partial charge is 0.486 e. The van der Waals surface area contributed by atoms with Crippen LogP contribution in [0.25, 0.3) is 10.9 Å². The fourth-order valence-corrected chi connectivity index (χ4v) is 3.24. The van der Waals surface area contributed by atoms with Crippen molar-refractivity contribution >= 4 is 22.8 Å². The number of amides is 1. The molecule has 0 saturated carbocycles. The second-order valence-corrected chi connectivity index (χ2v) is 8.61. The number of carbonyl (C=O) groups is 2. The van der Waals surface area contributed by atoms with Crippen molar-refractivity contribution in [2.24, 2.45) is 5.41 Å². The highest BCUT2D eigenvalue weighted by Crippen LogP contribution is 2.30. The van der Waals surface area contributed by atoms with Gasteiger partial charge in [0.2, 0.25) is 0 Å². The maximum absolute atomic E-state index is 13.1. The summed E-state index contributed by atoms with van der Waals surface area (Å²) in [5, 5.41) is 12.8. The summed E-state index contributed by atoms with van der Waals surface area (Å²) in [5.41, 5.74) is 0.234. The molecular weight excluding hydrogens is 453 g/mol. The molecule has 0 saturated heterocycles. The lowest BCUT2D eigenvalue weighted by Gasteiger charge is -2.28. The zero-order valence-corrected chi connectivity index (χ0v) is 18.6. The van der Waals surface area contributed by atoms with E-state index in [-0.39, 0.29) is 23.7 Å². The average molecular weight is 476 g/mol. The Morgan fingerprint density at radius 3 is 2.32 bits per heavy atom. The number of carbonyl (C=O) groups excluding carboxylic acids is 1. The number of ether oxygens (including phenoxy) is 2. The number of carboxylic acids is 1. The Balaban J connectivity index is 1.89. The van der Waals surface area contributed by atoms with Crippen molar-refractivity contribution < 1.29 is 37.3 Å². The lowest BCUT2D eigenvalue weighted by Crippen LogP contribution is -2.49. The molecule has 0 radical (unpaired) electrons. The van der Waals surface area contributed by atoms with Gasteiger partial charge < -0.3 is 19.9 Å². The largest absolute Gasteiger partial charge is 0.573 e. The minimum absolute atomic E-state index is 0.0795. The number of nitrogens with one attached hydrogen (secondary N) is 1. The van der Waals surface area contributed by atoms with Crippen LogP contribution in [0.15, 0.2) is 54.7 Å². The quantitative estimate of drug-likeness (QED) is 0.501. The monoisotopic (exact) mass is 476 g/mol. The standard InChI is InChI=1S/C24H23F3N2O5/c1-23(2,3)20(22(31)32)29-21(30)17-11-8-15-5-4-12-28-18(15)19(17)33-13-14-6-9-16(10-7-14)34-24(25,26)27/h4-12,20H,13H2,1-3H3,(H,29,30)(H,31,32)/t20-/m1/s1. The van der Waals surface area contributed by atoms with E-state index in [1.807, 2.05) is 0 Å². The van der Waals surface area contributed by atoms with E-state index in [1.165, 1.54) is 24.4 Å². The number of aliphatic carboxylic acids is 1. The number of rotatable bonds is 7. The first-order chi connectivity index (χ1) is 15.8. The van der Waals surface area contributed by atoms with Crippen LogP contribution >= 0.6 is 0 Å². The summed E-state index contributed by atoms with van der Waals surface area (Å²) in [7, 11) is 0. The number of alkyl halides is 3. The Kier molecular flexibility index (Phi) is 6.99. The molecule has 0 bridgehead atoms. The van der Waals surface area contributed by atoms with Crippen LogP contribution in [-0.2, 0) is 11.4 Å². The van der Waals surface area contributed by atoms with Gasteiger partial charge in [-0.15, -0.1) is 13.2 Å². The summed E-state index contributed by atoms with van der Waals surface area (Å²) < 4.78 is 46.8. The zero-order chi connectivity index (χ0) is 25.1. The molecular formula is C24H23F3N2O5. The van der Waals surface area contributed by atoms with Crippen molar-refractivity contribution in [1.29, 1.82) is 0 Å². The first kappa shape index (κ1) is 24.8. The number of pyridine rings is 1. The van der Waals surface area contributed by atoms with Crippen molar-refractivity contribution in [2.45, 2.75) is 39.8 Å². The van der Waals surface area contributed by atoms with E-state index in [4.69, 9.17) is 4.74 Å². The Morgan fingerprint density at radius 2 is 1.74 bits per heavy atom. The van der Waals surface area contributed by atoms with E-state index >= 15 is 0 Å². The molecule has 3 aromatic rings. The van der Waals surface area contributed by atoms with Crippen LogP contribution in [0.5, 0.6) is 11.5 Å². The summed E-state index contributed by atoms with van der Waals surface area (Å²) in [5.74, 6) is -2.07. The molecule has 10 heteroatoms. The van der Waals surface area contributed by atoms with E-state index in [2.05, 4.69) is 15.0 Å². The van der Waals surface area contributed by atoms with Crippen LogP contribution in [-0.4, -0.2) is 34.4 Å². The fraction of sp³-hybridized carbons (Fsp3) is 0.292. The predicted octanol–water partition coefficient (Wildman–Crippen LogP) is 4.94. The molecule has 180 valence electrons. The first-order valence-corrected chi connectivity index (χ1v) is 10.2. The van der Waals surface area contributed by atoms with E-state index < -0.39 is 29.7 Å². The number of hydrogen-bond donors (Lipinski definition) is 2. The highest BCUT2D eigenvalue weighted by atomic mass is 19.4. The van der Waals surface area contributed by atoms with Gasteiger partial charge in [0.05, 0.1) is 5.56 Å². The average Bonchev–Trinajstić information content (AvgIpc) is 2.74. The van der Waals surface area contributed by atoms with Gasteiger partial charge in [-0.25, -0.2) is 4.79 Å². The van der Waals surface area contributed by atoms with E-state index in [0.29, 0.717) is 16.5 Å². The van der Waals surface area contributed by atoms with Gasteiger partial charge in [0, 0.05) is 11.6 Å². The molecule has 1 aromatic heterocycles. The molecule has 3 rings (SSSR count). The van der Waals surface area contributed by atoms with Gasteiger partial charge >= 0.3 is 12.3 Å². The van der Waals surface area contributed by atoms with E-state index in [1.54, 1.807) is 39.0 Å². The molecule has 1 heterocycles. The lowest BCUT2D eigenvalue weighted by molar-refractivity contribution is -0.274. The van der Waals surface area contributed by atoms with Gasteiger partial charge in [0.1, 0.15) is 23.9 Å². The van der Waals surface area contributed by atoms with Crippen molar-refractivity contribution in [3.8, 4) is 11.5 Å². The second kappa shape index (κ2) is 9.58. The summed E-state index contributed by atoms with van der Waals surface area (Å²) in [6.07, 6.45) is -3.27. The minimum Gasteiger partial charge on any atom is -0.486 e. The number of halogens is 3. The molecule has 2 aromatic carbocycles. The highest BCUT2D eigenvalue weighted by molar-refractivity contribution is 6.04. The third-order valence-electron chi connectivity index (χ3n) is 4.90. The molecule has 0 unspecified atom stereocenters. The van der Waals surface area contributed by atoms with Crippen molar-refractivity contribution in [1.82, 2.24) is 10.3 Å². The Morgan fingerprint density at radius 1 is 1.06 bits per heavy atom. The number of hydrogen-bond acceptors (Lipinski definition) is 5. The molecule has 0 aliphatic carbocycles. The molecule has 0 aliphatic heterocycles. The maximum Gasteiger partial charge on any atom is 0.573 e. The van der Waals surface area contributed by atoms with Gasteiger partial charge in [0.25, 0.3) is 5.91 Å².